The van der Waals surface area contributed by atoms with Gasteiger partial charge in [0.2, 0.25) is 0 Å². The molecule has 1 fully saturated rings. The van der Waals surface area contributed by atoms with E-state index in [1.54, 1.807) is 7.11 Å². The molecule has 4 nitrogen and oxygen atoms in total. The minimum Gasteiger partial charge on any atom is -0.383 e. The van der Waals surface area contributed by atoms with E-state index in [-0.39, 0.29) is 0 Å². The third-order valence-electron chi connectivity index (χ3n) is 4.05. The van der Waals surface area contributed by atoms with Crippen LogP contribution in [-0.4, -0.2) is 63.9 Å². The van der Waals surface area contributed by atoms with Crippen LogP contribution >= 0.6 is 11.6 Å². The molecule has 1 aromatic rings. The molecule has 0 spiro atoms. The summed E-state index contributed by atoms with van der Waals surface area (Å²) in [5.74, 6) is 0. The molecule has 0 radical (unpaired) electrons. The van der Waals surface area contributed by atoms with Crippen LogP contribution in [0.25, 0.3) is 0 Å². The maximum Gasteiger partial charge on any atom is 0.0587 e. The molecule has 1 atom stereocenters. The van der Waals surface area contributed by atoms with Crippen LogP contribution in [0.1, 0.15) is 6.92 Å². The average molecular weight is 312 g/mol. The number of ether oxygens (including phenoxy) is 1. The minimum atomic E-state index is 0.564. The quantitative estimate of drug-likeness (QED) is 0.780. The monoisotopic (exact) mass is 311 g/mol. The molecule has 0 amide bonds. The van der Waals surface area contributed by atoms with E-state index in [9.17, 15) is 0 Å². The summed E-state index contributed by atoms with van der Waals surface area (Å²) < 4.78 is 5.05. The fraction of sp³-hybridized carbons (Fsp3) is 0.625. The van der Waals surface area contributed by atoms with Gasteiger partial charge >= 0.3 is 0 Å². The second-order valence-electron chi connectivity index (χ2n) is 5.55. The number of halogens is 1. The number of hydrogen-bond acceptors (Lipinski definition) is 4. The molecule has 1 N–H and O–H groups in total. The van der Waals surface area contributed by atoms with Crippen molar-refractivity contribution in [1.82, 2.24) is 10.2 Å². The first-order valence-corrected chi connectivity index (χ1v) is 8.02. The predicted molar refractivity (Wildman–Crippen MR) is 89.4 cm³/mol. The molecular weight excluding hydrogens is 286 g/mol. The topological polar surface area (TPSA) is 27.7 Å². The molecule has 0 aliphatic carbocycles. The van der Waals surface area contributed by atoms with Gasteiger partial charge in [-0.15, -0.1) is 0 Å². The van der Waals surface area contributed by atoms with Crippen LogP contribution < -0.4 is 10.2 Å². The van der Waals surface area contributed by atoms with Gasteiger partial charge in [-0.1, -0.05) is 11.6 Å². The van der Waals surface area contributed by atoms with E-state index >= 15 is 0 Å². The third-order valence-corrected chi connectivity index (χ3v) is 4.30. The van der Waals surface area contributed by atoms with Crippen LogP contribution in [0, 0.1) is 0 Å². The molecule has 1 aliphatic rings. The molecule has 1 heterocycles. The molecular formula is C16H26ClN3O. The highest BCUT2D eigenvalue weighted by Gasteiger charge is 2.20. The Hall–Kier alpha value is -0.810. The number of hydrogen-bond donors (Lipinski definition) is 1. The molecule has 118 valence electrons. The van der Waals surface area contributed by atoms with Crippen LogP contribution in [0.5, 0.6) is 0 Å². The molecule has 1 saturated heterocycles. The number of benzene rings is 1. The van der Waals surface area contributed by atoms with Gasteiger partial charge in [0.15, 0.2) is 0 Å². The zero-order valence-electron chi connectivity index (χ0n) is 13.0. The molecule has 0 aromatic heterocycles. The smallest absolute Gasteiger partial charge is 0.0587 e. The van der Waals surface area contributed by atoms with Crippen molar-refractivity contribution in [2.45, 2.75) is 13.0 Å². The summed E-state index contributed by atoms with van der Waals surface area (Å²) in [6.07, 6.45) is 0. The maximum atomic E-state index is 5.94. The fourth-order valence-corrected chi connectivity index (χ4v) is 2.81. The Bertz CT molecular complexity index is 404. The first-order chi connectivity index (χ1) is 10.2. The van der Waals surface area contributed by atoms with E-state index in [1.807, 2.05) is 12.1 Å². The zero-order chi connectivity index (χ0) is 15.1. The highest BCUT2D eigenvalue weighted by atomic mass is 35.5. The second-order valence-corrected chi connectivity index (χ2v) is 5.98. The highest BCUT2D eigenvalue weighted by Crippen LogP contribution is 2.19. The van der Waals surface area contributed by atoms with Crippen molar-refractivity contribution in [3.8, 4) is 0 Å². The van der Waals surface area contributed by atoms with E-state index in [0.29, 0.717) is 6.04 Å². The van der Waals surface area contributed by atoms with E-state index in [4.69, 9.17) is 16.3 Å². The lowest BCUT2D eigenvalue weighted by Gasteiger charge is -2.39. The molecule has 1 unspecified atom stereocenters. The Morgan fingerprint density at radius 1 is 1.19 bits per heavy atom. The van der Waals surface area contributed by atoms with Gasteiger partial charge in [-0.05, 0) is 31.2 Å². The zero-order valence-corrected chi connectivity index (χ0v) is 13.8. The average Bonchev–Trinajstić information content (AvgIpc) is 2.52. The molecule has 1 aromatic carbocycles. The summed E-state index contributed by atoms with van der Waals surface area (Å²) in [4.78, 5) is 4.98. The van der Waals surface area contributed by atoms with Crippen LogP contribution in [0.15, 0.2) is 24.3 Å². The third kappa shape index (κ3) is 5.15. The molecule has 0 saturated carbocycles. The number of methoxy groups -OCH3 is 1. The van der Waals surface area contributed by atoms with E-state index in [0.717, 1.165) is 50.9 Å². The van der Waals surface area contributed by atoms with E-state index in [1.165, 1.54) is 5.69 Å². The van der Waals surface area contributed by atoms with Gasteiger partial charge in [-0.2, -0.15) is 0 Å². The van der Waals surface area contributed by atoms with E-state index in [2.05, 4.69) is 34.2 Å². The van der Waals surface area contributed by atoms with Gasteiger partial charge < -0.3 is 15.0 Å². The molecule has 21 heavy (non-hydrogen) atoms. The van der Waals surface area contributed by atoms with Crippen molar-refractivity contribution >= 4 is 17.3 Å². The van der Waals surface area contributed by atoms with Gasteiger partial charge in [0.25, 0.3) is 0 Å². The van der Waals surface area contributed by atoms with Crippen molar-refractivity contribution < 1.29 is 4.74 Å². The number of nitrogens with zero attached hydrogens (tertiary/aromatic N) is 2. The van der Waals surface area contributed by atoms with Gasteiger partial charge in [0, 0.05) is 63.1 Å². The molecule has 2 rings (SSSR count). The summed E-state index contributed by atoms with van der Waals surface area (Å²) in [6, 6.07) is 8.70. The fourth-order valence-electron chi connectivity index (χ4n) is 2.69. The lowest BCUT2D eigenvalue weighted by Crippen LogP contribution is -2.52. The Labute approximate surface area is 133 Å². The van der Waals surface area contributed by atoms with Crippen LogP contribution in [0.3, 0.4) is 0 Å². The summed E-state index contributed by atoms with van der Waals surface area (Å²) in [6.45, 7) is 9.37. The van der Waals surface area contributed by atoms with Crippen molar-refractivity contribution in [3.05, 3.63) is 29.3 Å². The predicted octanol–water partition coefficient (Wildman–Crippen LogP) is 2.09. The summed E-state index contributed by atoms with van der Waals surface area (Å²) >= 11 is 5.94. The number of rotatable bonds is 7. The normalized spacial score (nSPS) is 18.0. The standard InChI is InChI=1S/C16H26ClN3O/c1-14(13-18-7-12-21-2)19-8-10-20(11-9-19)16-5-3-15(17)4-6-16/h3-6,14,18H,7-13H2,1-2H3. The molecule has 1 aliphatic heterocycles. The van der Waals surface area contributed by atoms with Crippen molar-refractivity contribution in [1.29, 1.82) is 0 Å². The Balaban J connectivity index is 1.73. The number of nitrogens with one attached hydrogen (secondary N) is 1. The molecule has 5 heteroatoms. The van der Waals surface area contributed by atoms with Crippen LogP contribution in [0.4, 0.5) is 5.69 Å². The lowest BCUT2D eigenvalue weighted by atomic mass is 10.2. The number of piperazine rings is 1. The van der Waals surface area contributed by atoms with Crippen LogP contribution in [0.2, 0.25) is 5.02 Å². The molecule has 0 bridgehead atoms. The Morgan fingerprint density at radius 2 is 1.86 bits per heavy atom. The lowest BCUT2D eigenvalue weighted by molar-refractivity contribution is 0.177. The Kier molecular flexibility index (Phi) is 6.77. The SMILES string of the molecule is COCCNCC(C)N1CCN(c2ccc(Cl)cc2)CC1. The van der Waals surface area contributed by atoms with Crippen molar-refractivity contribution in [3.63, 3.8) is 0 Å². The van der Waals surface area contributed by atoms with Crippen molar-refractivity contribution in [2.75, 3.05) is 57.9 Å². The largest absolute Gasteiger partial charge is 0.383 e. The maximum absolute atomic E-state index is 5.94. The first kappa shape index (κ1) is 16.6. The Morgan fingerprint density at radius 3 is 2.48 bits per heavy atom. The summed E-state index contributed by atoms with van der Waals surface area (Å²) in [5, 5.41) is 4.24. The van der Waals surface area contributed by atoms with E-state index < -0.39 is 0 Å². The van der Waals surface area contributed by atoms with Gasteiger partial charge in [-0.3, -0.25) is 4.90 Å². The van der Waals surface area contributed by atoms with Crippen molar-refractivity contribution in [2.24, 2.45) is 0 Å². The summed E-state index contributed by atoms with van der Waals surface area (Å²) in [7, 11) is 1.74. The first-order valence-electron chi connectivity index (χ1n) is 7.65. The number of anilines is 1. The van der Waals surface area contributed by atoms with Gasteiger partial charge in [-0.25, -0.2) is 0 Å². The summed E-state index contributed by atoms with van der Waals surface area (Å²) in [5.41, 5.74) is 1.27. The van der Waals surface area contributed by atoms with Crippen LogP contribution in [-0.2, 0) is 4.74 Å². The highest BCUT2D eigenvalue weighted by molar-refractivity contribution is 6.30. The second kappa shape index (κ2) is 8.59. The van der Waals surface area contributed by atoms with Gasteiger partial charge in [0.05, 0.1) is 6.61 Å². The van der Waals surface area contributed by atoms with Gasteiger partial charge in [0.1, 0.15) is 0 Å². The minimum absolute atomic E-state index is 0.564.